The predicted octanol–water partition coefficient (Wildman–Crippen LogP) is 4.44. The lowest BCUT2D eigenvalue weighted by Gasteiger charge is -2.08. The van der Waals surface area contributed by atoms with Gasteiger partial charge in [-0.05, 0) is 52.1 Å². The lowest BCUT2D eigenvalue weighted by atomic mass is 10.2. The van der Waals surface area contributed by atoms with E-state index in [0.29, 0.717) is 0 Å². The summed E-state index contributed by atoms with van der Waals surface area (Å²) in [7, 11) is 0. The Bertz CT molecular complexity index is 598. The second-order valence-corrected chi connectivity index (χ2v) is 6.16. The fourth-order valence-electron chi connectivity index (χ4n) is 1.77. The highest BCUT2D eigenvalue weighted by atomic mass is 127. The van der Waals surface area contributed by atoms with E-state index in [9.17, 15) is 10.1 Å². The van der Waals surface area contributed by atoms with Crippen LogP contribution < -0.4 is 5.32 Å². The van der Waals surface area contributed by atoms with E-state index in [4.69, 9.17) is 0 Å². The molecule has 0 saturated carbocycles. The Kier molecular flexibility index (Phi) is 4.76. The molecule has 0 amide bonds. The van der Waals surface area contributed by atoms with E-state index >= 15 is 0 Å². The molecule has 1 heterocycles. The number of non-ortho nitro benzene ring substituents is 1. The number of halogens is 1. The smallest absolute Gasteiger partial charge is 0.270 e. The lowest BCUT2D eigenvalue weighted by molar-refractivity contribution is -0.384. The highest BCUT2D eigenvalue weighted by Gasteiger charge is 2.09. The molecular formula is C13H13IN2O2S. The zero-order chi connectivity index (χ0) is 13.8. The van der Waals surface area contributed by atoms with Gasteiger partial charge < -0.3 is 5.32 Å². The maximum atomic E-state index is 10.7. The zero-order valence-electron chi connectivity index (χ0n) is 10.4. The van der Waals surface area contributed by atoms with Gasteiger partial charge >= 0.3 is 0 Å². The SMILES string of the molecule is CCc1ccsc1CNc1ccc([N+](=O)[O-])cc1I. The maximum Gasteiger partial charge on any atom is 0.270 e. The van der Waals surface area contributed by atoms with Crippen molar-refractivity contribution in [2.45, 2.75) is 19.9 Å². The van der Waals surface area contributed by atoms with Gasteiger partial charge in [0.25, 0.3) is 5.69 Å². The van der Waals surface area contributed by atoms with Gasteiger partial charge in [0.2, 0.25) is 0 Å². The first-order valence-electron chi connectivity index (χ1n) is 5.85. The van der Waals surface area contributed by atoms with Crippen LogP contribution in [0.1, 0.15) is 17.4 Å². The lowest BCUT2D eigenvalue weighted by Crippen LogP contribution is -2.01. The van der Waals surface area contributed by atoms with E-state index in [-0.39, 0.29) is 10.6 Å². The second-order valence-electron chi connectivity index (χ2n) is 4.00. The van der Waals surface area contributed by atoms with Crippen LogP contribution in [0.15, 0.2) is 29.6 Å². The quantitative estimate of drug-likeness (QED) is 0.468. The number of hydrogen-bond donors (Lipinski definition) is 1. The molecule has 4 nitrogen and oxygen atoms in total. The van der Waals surface area contributed by atoms with Crippen molar-refractivity contribution in [3.8, 4) is 0 Å². The number of nitrogens with one attached hydrogen (secondary N) is 1. The Morgan fingerprint density at radius 1 is 1.42 bits per heavy atom. The van der Waals surface area contributed by atoms with Crippen molar-refractivity contribution < 1.29 is 4.92 Å². The van der Waals surface area contributed by atoms with Crippen LogP contribution in [-0.2, 0) is 13.0 Å². The third-order valence-electron chi connectivity index (χ3n) is 2.82. The molecule has 1 aromatic heterocycles. The first kappa shape index (κ1) is 14.3. The van der Waals surface area contributed by atoms with E-state index in [0.717, 1.165) is 22.2 Å². The van der Waals surface area contributed by atoms with Crippen LogP contribution in [0.25, 0.3) is 0 Å². The fourth-order valence-corrected chi connectivity index (χ4v) is 3.38. The van der Waals surface area contributed by atoms with Gasteiger partial charge in [0, 0.05) is 32.8 Å². The van der Waals surface area contributed by atoms with Crippen LogP contribution in [0.2, 0.25) is 0 Å². The van der Waals surface area contributed by atoms with Gasteiger partial charge in [0.15, 0.2) is 0 Å². The monoisotopic (exact) mass is 388 g/mol. The van der Waals surface area contributed by atoms with Gasteiger partial charge in [-0.2, -0.15) is 0 Å². The van der Waals surface area contributed by atoms with E-state index in [1.54, 1.807) is 23.5 Å². The van der Waals surface area contributed by atoms with Crippen LogP contribution in [0.5, 0.6) is 0 Å². The number of anilines is 1. The van der Waals surface area contributed by atoms with Gasteiger partial charge in [0.05, 0.1) is 4.92 Å². The summed E-state index contributed by atoms with van der Waals surface area (Å²) in [6, 6.07) is 7.01. The fraction of sp³-hybridized carbons (Fsp3) is 0.231. The van der Waals surface area contributed by atoms with Crippen LogP contribution >= 0.6 is 33.9 Å². The molecule has 2 aromatic rings. The van der Waals surface area contributed by atoms with Crippen LogP contribution in [0.4, 0.5) is 11.4 Å². The molecular weight excluding hydrogens is 375 g/mol. The summed E-state index contributed by atoms with van der Waals surface area (Å²) in [5, 5.41) is 16.1. The number of nitro benzene ring substituents is 1. The first-order valence-corrected chi connectivity index (χ1v) is 7.80. The molecule has 1 N–H and O–H groups in total. The Hall–Kier alpha value is -1.15. The van der Waals surface area contributed by atoms with Gasteiger partial charge in [-0.15, -0.1) is 11.3 Å². The van der Waals surface area contributed by atoms with Crippen molar-refractivity contribution in [1.82, 2.24) is 0 Å². The molecule has 0 fully saturated rings. The van der Waals surface area contributed by atoms with Gasteiger partial charge in [0.1, 0.15) is 0 Å². The summed E-state index contributed by atoms with van der Waals surface area (Å²) in [6.07, 6.45) is 1.03. The minimum atomic E-state index is -0.375. The van der Waals surface area contributed by atoms with Crippen molar-refractivity contribution in [2.24, 2.45) is 0 Å². The Labute approximate surface area is 129 Å². The molecule has 0 spiro atoms. The van der Waals surface area contributed by atoms with E-state index in [1.165, 1.54) is 16.5 Å². The molecule has 2 rings (SSSR count). The number of hydrogen-bond acceptors (Lipinski definition) is 4. The highest BCUT2D eigenvalue weighted by molar-refractivity contribution is 14.1. The molecule has 0 aliphatic heterocycles. The van der Waals surface area contributed by atoms with Crippen molar-refractivity contribution in [2.75, 3.05) is 5.32 Å². The van der Waals surface area contributed by atoms with E-state index < -0.39 is 0 Å². The summed E-state index contributed by atoms with van der Waals surface area (Å²) >= 11 is 3.85. The van der Waals surface area contributed by atoms with Crippen molar-refractivity contribution in [1.29, 1.82) is 0 Å². The molecule has 0 unspecified atom stereocenters. The molecule has 1 aromatic carbocycles. The summed E-state index contributed by atoms with van der Waals surface area (Å²) in [5.41, 5.74) is 2.41. The highest BCUT2D eigenvalue weighted by Crippen LogP contribution is 2.25. The predicted molar refractivity (Wildman–Crippen MR) is 86.8 cm³/mol. The molecule has 0 radical (unpaired) electrons. The number of nitrogens with zero attached hydrogens (tertiary/aromatic N) is 1. The van der Waals surface area contributed by atoms with Crippen molar-refractivity contribution in [3.05, 3.63) is 53.8 Å². The molecule has 19 heavy (non-hydrogen) atoms. The van der Waals surface area contributed by atoms with Crippen molar-refractivity contribution in [3.63, 3.8) is 0 Å². The summed E-state index contributed by atoms with van der Waals surface area (Å²) in [6.45, 7) is 2.90. The molecule has 0 aliphatic rings. The Morgan fingerprint density at radius 3 is 2.84 bits per heavy atom. The number of nitro groups is 1. The molecule has 100 valence electrons. The van der Waals surface area contributed by atoms with E-state index in [2.05, 4.69) is 46.3 Å². The van der Waals surface area contributed by atoms with Crippen molar-refractivity contribution >= 4 is 45.3 Å². The van der Waals surface area contributed by atoms with Crippen LogP contribution in [-0.4, -0.2) is 4.92 Å². The largest absolute Gasteiger partial charge is 0.379 e. The number of rotatable bonds is 5. The number of thiophene rings is 1. The van der Waals surface area contributed by atoms with Crippen LogP contribution in [0.3, 0.4) is 0 Å². The Morgan fingerprint density at radius 2 is 2.21 bits per heavy atom. The summed E-state index contributed by atoms with van der Waals surface area (Å²) in [5.74, 6) is 0. The van der Waals surface area contributed by atoms with Gasteiger partial charge in [-0.3, -0.25) is 10.1 Å². The number of benzene rings is 1. The standard InChI is InChI=1S/C13H13IN2O2S/c1-2-9-5-6-19-13(9)8-15-12-4-3-10(16(17)18)7-11(12)14/h3-7,15H,2,8H2,1H3. The average Bonchev–Trinajstić information content (AvgIpc) is 2.84. The second kappa shape index (κ2) is 6.33. The Balaban J connectivity index is 2.10. The summed E-state index contributed by atoms with van der Waals surface area (Å²) in [4.78, 5) is 11.6. The van der Waals surface area contributed by atoms with Gasteiger partial charge in [-0.1, -0.05) is 6.92 Å². The average molecular weight is 388 g/mol. The zero-order valence-corrected chi connectivity index (χ0v) is 13.3. The summed E-state index contributed by atoms with van der Waals surface area (Å²) < 4.78 is 0.862. The molecule has 6 heteroatoms. The molecule has 0 aliphatic carbocycles. The molecule has 0 saturated heterocycles. The number of aryl methyl sites for hydroxylation is 1. The molecule has 0 bridgehead atoms. The topological polar surface area (TPSA) is 55.2 Å². The third-order valence-corrected chi connectivity index (χ3v) is 4.68. The molecule has 0 atom stereocenters. The van der Waals surface area contributed by atoms with Crippen LogP contribution in [0, 0.1) is 13.7 Å². The first-order chi connectivity index (χ1) is 9.11. The minimum absolute atomic E-state index is 0.125. The minimum Gasteiger partial charge on any atom is -0.379 e. The maximum absolute atomic E-state index is 10.7. The van der Waals surface area contributed by atoms with E-state index in [1.807, 2.05) is 0 Å². The normalized spacial score (nSPS) is 10.4. The van der Waals surface area contributed by atoms with Gasteiger partial charge in [-0.25, -0.2) is 0 Å². The third kappa shape index (κ3) is 3.44.